The van der Waals surface area contributed by atoms with Crippen molar-refractivity contribution in [2.24, 2.45) is 0 Å². The number of likely N-dealkylation sites (N-methyl/N-ethyl adjacent to an activating group) is 1. The molecule has 2 fully saturated rings. The average molecular weight is 388 g/mol. The first-order valence-electron chi connectivity index (χ1n) is 9.12. The van der Waals surface area contributed by atoms with Crippen LogP contribution >= 0.6 is 11.8 Å². The molecule has 0 radical (unpaired) electrons. The topological polar surface area (TPSA) is 63.0 Å². The fraction of sp³-hybridized carbons (Fsp3) is 0.500. The minimum Gasteiger partial charge on any atom is -0.451 e. The van der Waals surface area contributed by atoms with Crippen molar-refractivity contribution >= 4 is 34.5 Å². The molecule has 1 aromatic carbocycles. The summed E-state index contributed by atoms with van der Waals surface area (Å²) in [7, 11) is 3.46. The zero-order chi connectivity index (χ0) is 19.2. The molecular weight excluding hydrogens is 364 g/mol. The Morgan fingerprint density at radius 3 is 2.78 bits per heavy atom. The van der Waals surface area contributed by atoms with Gasteiger partial charge in [0, 0.05) is 43.9 Å². The van der Waals surface area contributed by atoms with Crippen molar-refractivity contribution in [3.8, 4) is 0 Å². The monoisotopic (exact) mass is 388 g/mol. The van der Waals surface area contributed by atoms with Crippen LogP contribution in [-0.2, 0) is 9.53 Å². The summed E-state index contributed by atoms with van der Waals surface area (Å²) in [5.74, 6) is 1.25. The van der Waals surface area contributed by atoms with E-state index in [0.29, 0.717) is 18.8 Å². The van der Waals surface area contributed by atoms with E-state index in [1.54, 1.807) is 14.1 Å². The van der Waals surface area contributed by atoms with Gasteiger partial charge >= 0.3 is 0 Å². The zero-order valence-corrected chi connectivity index (χ0v) is 16.7. The van der Waals surface area contributed by atoms with E-state index in [1.165, 1.54) is 4.90 Å². The van der Waals surface area contributed by atoms with Crippen molar-refractivity contribution in [2.75, 3.05) is 39.5 Å². The van der Waals surface area contributed by atoms with Crippen molar-refractivity contribution in [2.45, 2.75) is 24.2 Å². The number of furan rings is 1. The molecule has 7 heteroatoms. The summed E-state index contributed by atoms with van der Waals surface area (Å²) >= 11 is 1.85. The van der Waals surface area contributed by atoms with Gasteiger partial charge in [-0.3, -0.25) is 9.59 Å². The van der Waals surface area contributed by atoms with E-state index < -0.39 is 0 Å². The number of rotatable bonds is 4. The van der Waals surface area contributed by atoms with E-state index in [0.717, 1.165) is 28.7 Å². The van der Waals surface area contributed by atoms with Gasteiger partial charge in [0.05, 0.1) is 10.9 Å². The van der Waals surface area contributed by atoms with E-state index in [4.69, 9.17) is 9.15 Å². The zero-order valence-electron chi connectivity index (χ0n) is 15.9. The van der Waals surface area contributed by atoms with Gasteiger partial charge in [-0.1, -0.05) is 18.2 Å². The Kier molecular flexibility index (Phi) is 4.68. The largest absolute Gasteiger partial charge is 0.451 e. The number of hydrogen-bond acceptors (Lipinski definition) is 5. The van der Waals surface area contributed by atoms with Gasteiger partial charge in [-0.2, -0.15) is 0 Å². The molecule has 2 saturated heterocycles. The van der Waals surface area contributed by atoms with Gasteiger partial charge in [0.1, 0.15) is 12.2 Å². The molecule has 0 aliphatic carbocycles. The number of fused-ring (bicyclic) bond motifs is 1. The lowest BCUT2D eigenvalue weighted by Gasteiger charge is -2.47. The third-order valence-corrected chi connectivity index (χ3v) is 6.98. The van der Waals surface area contributed by atoms with Gasteiger partial charge in [0.25, 0.3) is 5.91 Å². The van der Waals surface area contributed by atoms with Gasteiger partial charge < -0.3 is 19.0 Å². The van der Waals surface area contributed by atoms with Crippen molar-refractivity contribution in [3.63, 3.8) is 0 Å². The number of ether oxygens (including phenoxy) is 1. The van der Waals surface area contributed by atoms with Crippen molar-refractivity contribution in [3.05, 3.63) is 35.6 Å². The minimum absolute atomic E-state index is 0.0216. The number of amides is 2. The second-order valence-electron chi connectivity index (χ2n) is 7.63. The van der Waals surface area contributed by atoms with Crippen LogP contribution in [0.3, 0.4) is 0 Å². The molecule has 0 saturated carbocycles. The van der Waals surface area contributed by atoms with Gasteiger partial charge in [-0.05, 0) is 19.4 Å². The fourth-order valence-corrected chi connectivity index (χ4v) is 5.31. The molecule has 6 nitrogen and oxygen atoms in total. The Bertz CT molecular complexity index is 885. The number of thioether (sulfide) groups is 1. The normalized spacial score (nSPS) is 20.9. The molecule has 0 N–H and O–H groups in total. The number of benzene rings is 1. The summed E-state index contributed by atoms with van der Waals surface area (Å²) in [6.45, 7) is 3.46. The average Bonchev–Trinajstić information content (AvgIpc) is 3.20. The lowest BCUT2D eigenvalue weighted by Crippen LogP contribution is -2.60. The second kappa shape index (κ2) is 6.87. The molecule has 0 bridgehead atoms. The Balaban J connectivity index is 1.36. The van der Waals surface area contributed by atoms with E-state index in [-0.39, 0.29) is 29.3 Å². The molecule has 2 amide bonds. The van der Waals surface area contributed by atoms with E-state index in [9.17, 15) is 9.59 Å². The highest BCUT2D eigenvalue weighted by atomic mass is 32.2. The second-order valence-corrected chi connectivity index (χ2v) is 9.12. The Hall–Kier alpha value is -1.99. The lowest BCUT2D eigenvalue weighted by atomic mass is 9.92. The third-order valence-electron chi connectivity index (χ3n) is 5.40. The predicted molar refractivity (Wildman–Crippen MR) is 105 cm³/mol. The molecule has 27 heavy (non-hydrogen) atoms. The van der Waals surface area contributed by atoms with Crippen LogP contribution < -0.4 is 0 Å². The van der Waals surface area contributed by atoms with Gasteiger partial charge in [-0.25, -0.2) is 0 Å². The molecule has 3 heterocycles. The molecule has 2 aromatic rings. The van der Waals surface area contributed by atoms with E-state index >= 15 is 0 Å². The van der Waals surface area contributed by atoms with Crippen LogP contribution in [0, 0.1) is 6.92 Å². The third kappa shape index (κ3) is 3.34. The molecule has 1 aromatic heterocycles. The molecular formula is C20H24N2O4S. The molecule has 1 spiro atoms. The minimum atomic E-state index is -0.0397. The van der Waals surface area contributed by atoms with Gasteiger partial charge in [-0.15, -0.1) is 11.8 Å². The smallest absolute Gasteiger partial charge is 0.289 e. The van der Waals surface area contributed by atoms with Crippen LogP contribution in [0.2, 0.25) is 0 Å². The molecule has 2 aliphatic rings. The van der Waals surface area contributed by atoms with Crippen LogP contribution in [0.1, 0.15) is 22.5 Å². The number of para-hydroxylation sites is 1. The number of hydrogen-bond donors (Lipinski definition) is 0. The quantitative estimate of drug-likeness (QED) is 0.806. The standard InChI is InChI=1S/C20H24N2O4S/c1-13-15-6-4-5-7-16(15)26-18(13)19(24)22-11-20(12-22)8-14(10-27-20)25-9-17(23)21(2)3/h4-7,14H,8-12H2,1-3H3. The number of carbonyl (C=O) groups excluding carboxylic acids is 2. The van der Waals surface area contributed by atoms with Crippen LogP contribution in [0.5, 0.6) is 0 Å². The highest BCUT2D eigenvalue weighted by Gasteiger charge is 2.51. The summed E-state index contributed by atoms with van der Waals surface area (Å²) in [6.07, 6.45) is 0.949. The summed E-state index contributed by atoms with van der Waals surface area (Å²) < 4.78 is 11.6. The molecule has 144 valence electrons. The van der Waals surface area contributed by atoms with E-state index in [1.807, 2.05) is 47.9 Å². The summed E-state index contributed by atoms with van der Waals surface area (Å²) in [6, 6.07) is 7.73. The first kappa shape index (κ1) is 18.4. The van der Waals surface area contributed by atoms with E-state index in [2.05, 4.69) is 0 Å². The van der Waals surface area contributed by atoms with Gasteiger partial charge in [0.2, 0.25) is 5.91 Å². The first-order chi connectivity index (χ1) is 12.9. The Morgan fingerprint density at radius 2 is 2.07 bits per heavy atom. The number of nitrogens with zero attached hydrogens (tertiary/aromatic N) is 2. The molecule has 2 aliphatic heterocycles. The highest BCUT2D eigenvalue weighted by Crippen LogP contribution is 2.46. The van der Waals surface area contributed by atoms with Crippen LogP contribution in [0.15, 0.2) is 28.7 Å². The van der Waals surface area contributed by atoms with Crippen LogP contribution in [-0.4, -0.2) is 72.0 Å². The highest BCUT2D eigenvalue weighted by molar-refractivity contribution is 8.01. The number of likely N-dealkylation sites (tertiary alicyclic amines) is 1. The van der Waals surface area contributed by atoms with Gasteiger partial charge in [0.15, 0.2) is 5.76 Å². The maximum atomic E-state index is 12.9. The Morgan fingerprint density at radius 1 is 1.33 bits per heavy atom. The van der Waals surface area contributed by atoms with Crippen molar-refractivity contribution < 1.29 is 18.7 Å². The van der Waals surface area contributed by atoms with Crippen molar-refractivity contribution in [1.82, 2.24) is 9.80 Å². The number of carbonyl (C=O) groups is 2. The maximum absolute atomic E-state index is 12.9. The SMILES string of the molecule is Cc1c(C(=O)N2CC3(CC(OCC(=O)N(C)C)CS3)C2)oc2ccccc12. The van der Waals surface area contributed by atoms with Crippen LogP contribution in [0.4, 0.5) is 0 Å². The molecule has 1 unspecified atom stereocenters. The lowest BCUT2D eigenvalue weighted by molar-refractivity contribution is -0.135. The molecule has 4 rings (SSSR count). The number of aryl methyl sites for hydroxylation is 1. The predicted octanol–water partition coefficient (Wildman–Crippen LogP) is 2.55. The summed E-state index contributed by atoms with van der Waals surface area (Å²) in [5, 5.41) is 0.991. The fourth-order valence-electron chi connectivity index (χ4n) is 3.76. The first-order valence-corrected chi connectivity index (χ1v) is 10.1. The summed E-state index contributed by atoms with van der Waals surface area (Å²) in [5.41, 5.74) is 1.65. The summed E-state index contributed by atoms with van der Waals surface area (Å²) in [4.78, 5) is 27.9. The Labute approximate surface area is 162 Å². The van der Waals surface area contributed by atoms with Crippen LogP contribution in [0.25, 0.3) is 11.0 Å². The van der Waals surface area contributed by atoms with Crippen molar-refractivity contribution in [1.29, 1.82) is 0 Å². The maximum Gasteiger partial charge on any atom is 0.289 e. The molecule has 1 atom stereocenters.